The molecule has 148 valence electrons. The first-order valence-electron chi connectivity index (χ1n) is 8.59. The van der Waals surface area contributed by atoms with Gasteiger partial charge in [-0.05, 0) is 30.2 Å². The molecule has 1 aromatic carbocycles. The number of imidazole rings is 1. The number of methoxy groups -OCH3 is 1. The minimum Gasteiger partial charge on any atom is -0.497 e. The third-order valence-electron chi connectivity index (χ3n) is 3.98. The fourth-order valence-electron chi connectivity index (χ4n) is 2.80. The van der Waals surface area contributed by atoms with Gasteiger partial charge in [-0.1, -0.05) is 13.8 Å². The predicted octanol–water partition coefficient (Wildman–Crippen LogP) is 4.43. The molecule has 0 bridgehead atoms. The van der Waals surface area contributed by atoms with Crippen molar-refractivity contribution in [3.63, 3.8) is 0 Å². The number of nitrogens with zero attached hydrogens (tertiary/aromatic N) is 3. The number of pyridine rings is 1. The standard InChI is InChI=1S/C19H19F3N4O2/c1-11(2)8-17(27)25-16-7-4-12(10-23-16)26-15-6-5-13(28-3)9-14(15)24-18(26)19(20,21)22/h4-7,9-11H,8H2,1-3H3,(H,23,25,27). The zero-order chi connectivity index (χ0) is 20.5. The smallest absolute Gasteiger partial charge is 0.450 e. The molecule has 9 heteroatoms. The number of alkyl halides is 3. The first-order chi connectivity index (χ1) is 13.2. The molecule has 28 heavy (non-hydrogen) atoms. The number of nitrogens with one attached hydrogen (secondary N) is 1. The number of carbonyl (C=O) groups excluding carboxylic acids is 1. The van der Waals surface area contributed by atoms with Crippen LogP contribution >= 0.6 is 0 Å². The highest BCUT2D eigenvalue weighted by atomic mass is 19.4. The monoisotopic (exact) mass is 392 g/mol. The first kappa shape index (κ1) is 19.7. The summed E-state index contributed by atoms with van der Waals surface area (Å²) in [5, 5.41) is 2.63. The van der Waals surface area contributed by atoms with Gasteiger partial charge in [0, 0.05) is 12.5 Å². The highest BCUT2D eigenvalue weighted by Crippen LogP contribution is 2.34. The minimum atomic E-state index is -4.66. The average Bonchev–Trinajstić information content (AvgIpc) is 3.00. The lowest BCUT2D eigenvalue weighted by Crippen LogP contribution is -2.16. The maximum absolute atomic E-state index is 13.5. The van der Waals surface area contributed by atoms with E-state index in [0.29, 0.717) is 12.2 Å². The number of hydrogen-bond acceptors (Lipinski definition) is 4. The van der Waals surface area contributed by atoms with E-state index in [4.69, 9.17) is 4.74 Å². The van der Waals surface area contributed by atoms with Gasteiger partial charge in [-0.2, -0.15) is 13.2 Å². The number of hydrogen-bond donors (Lipinski definition) is 1. The molecule has 0 aliphatic carbocycles. The van der Waals surface area contributed by atoms with E-state index in [1.54, 1.807) is 6.07 Å². The Morgan fingerprint density at radius 3 is 2.57 bits per heavy atom. The Morgan fingerprint density at radius 2 is 2.00 bits per heavy atom. The molecule has 3 aromatic rings. The van der Waals surface area contributed by atoms with Crippen LogP contribution in [-0.4, -0.2) is 27.6 Å². The number of fused-ring (bicyclic) bond motifs is 1. The molecule has 6 nitrogen and oxygen atoms in total. The third-order valence-corrected chi connectivity index (χ3v) is 3.98. The van der Waals surface area contributed by atoms with Gasteiger partial charge < -0.3 is 10.1 Å². The molecule has 0 unspecified atom stereocenters. The number of anilines is 1. The molecule has 0 fully saturated rings. The summed E-state index contributed by atoms with van der Waals surface area (Å²) in [6, 6.07) is 7.43. The summed E-state index contributed by atoms with van der Waals surface area (Å²) >= 11 is 0. The first-order valence-corrected chi connectivity index (χ1v) is 8.59. The van der Waals surface area contributed by atoms with Crippen LogP contribution < -0.4 is 10.1 Å². The van der Waals surface area contributed by atoms with Crippen LogP contribution in [0.15, 0.2) is 36.5 Å². The molecule has 0 atom stereocenters. The van der Waals surface area contributed by atoms with E-state index >= 15 is 0 Å². The SMILES string of the molecule is COc1ccc2c(c1)nc(C(F)(F)F)n2-c1ccc(NC(=O)CC(C)C)nc1. The Hall–Kier alpha value is -3.10. The Bertz CT molecular complexity index is 995. The second-order valence-electron chi connectivity index (χ2n) is 6.67. The fraction of sp³-hybridized carbons (Fsp3) is 0.316. The maximum atomic E-state index is 13.5. The van der Waals surface area contributed by atoms with Crippen LogP contribution in [0.1, 0.15) is 26.1 Å². The number of amides is 1. The van der Waals surface area contributed by atoms with Crippen LogP contribution in [0.5, 0.6) is 5.75 Å². The van der Waals surface area contributed by atoms with E-state index in [9.17, 15) is 18.0 Å². The molecule has 1 N–H and O–H groups in total. The Balaban J connectivity index is 2.01. The highest BCUT2D eigenvalue weighted by molar-refractivity contribution is 5.90. The van der Waals surface area contributed by atoms with Crippen LogP contribution in [0.4, 0.5) is 19.0 Å². The van der Waals surface area contributed by atoms with Crippen LogP contribution in [-0.2, 0) is 11.0 Å². The van der Waals surface area contributed by atoms with Crippen molar-refractivity contribution in [2.24, 2.45) is 5.92 Å². The molecule has 0 saturated heterocycles. The predicted molar refractivity (Wildman–Crippen MR) is 98.5 cm³/mol. The van der Waals surface area contributed by atoms with Crippen LogP contribution in [0.3, 0.4) is 0 Å². The van der Waals surface area contributed by atoms with Crippen molar-refractivity contribution >= 4 is 22.8 Å². The van der Waals surface area contributed by atoms with Gasteiger partial charge in [0.05, 0.1) is 30.0 Å². The largest absolute Gasteiger partial charge is 0.497 e. The second kappa shape index (κ2) is 7.49. The van der Waals surface area contributed by atoms with Crippen molar-refractivity contribution in [1.29, 1.82) is 0 Å². The van der Waals surface area contributed by atoms with E-state index in [1.165, 1.54) is 37.6 Å². The summed E-state index contributed by atoms with van der Waals surface area (Å²) in [6.45, 7) is 3.82. The number of aromatic nitrogens is 3. The molecule has 0 spiro atoms. The van der Waals surface area contributed by atoms with Crippen LogP contribution in [0.2, 0.25) is 0 Å². The van der Waals surface area contributed by atoms with Gasteiger partial charge in [0.25, 0.3) is 0 Å². The van der Waals surface area contributed by atoms with E-state index in [1.807, 2.05) is 13.8 Å². The quantitative estimate of drug-likeness (QED) is 0.697. The Morgan fingerprint density at radius 1 is 1.25 bits per heavy atom. The number of rotatable bonds is 5. The van der Waals surface area contributed by atoms with Crippen molar-refractivity contribution in [3.8, 4) is 11.4 Å². The lowest BCUT2D eigenvalue weighted by molar-refractivity contribution is -0.145. The molecule has 0 saturated carbocycles. The van der Waals surface area contributed by atoms with Crippen molar-refractivity contribution in [3.05, 3.63) is 42.4 Å². The molecule has 1 amide bonds. The lowest BCUT2D eigenvalue weighted by atomic mass is 10.1. The number of halogens is 3. The Kier molecular flexibility index (Phi) is 5.26. The van der Waals surface area contributed by atoms with Gasteiger partial charge in [-0.3, -0.25) is 9.36 Å². The molecule has 0 aliphatic heterocycles. The van der Waals surface area contributed by atoms with Crippen LogP contribution in [0.25, 0.3) is 16.7 Å². The van der Waals surface area contributed by atoms with E-state index < -0.39 is 12.0 Å². The molecule has 2 heterocycles. The number of benzene rings is 1. The maximum Gasteiger partial charge on any atom is 0.450 e. The average molecular weight is 392 g/mol. The molecule has 2 aromatic heterocycles. The van der Waals surface area contributed by atoms with Gasteiger partial charge in [-0.25, -0.2) is 9.97 Å². The molecular weight excluding hydrogens is 373 g/mol. The molecular formula is C19H19F3N4O2. The van der Waals surface area contributed by atoms with Gasteiger partial charge in [0.1, 0.15) is 11.6 Å². The third kappa shape index (κ3) is 4.08. The highest BCUT2D eigenvalue weighted by Gasteiger charge is 2.38. The van der Waals surface area contributed by atoms with Gasteiger partial charge >= 0.3 is 6.18 Å². The summed E-state index contributed by atoms with van der Waals surface area (Å²) in [4.78, 5) is 19.6. The molecule has 0 radical (unpaired) electrons. The van der Waals surface area contributed by atoms with Crippen LogP contribution in [0, 0.1) is 5.92 Å². The number of carbonyl (C=O) groups is 1. The normalized spacial score (nSPS) is 11.8. The van der Waals surface area contributed by atoms with Gasteiger partial charge in [-0.15, -0.1) is 0 Å². The summed E-state index contributed by atoms with van der Waals surface area (Å²) in [7, 11) is 1.43. The number of ether oxygens (including phenoxy) is 1. The van der Waals surface area contributed by atoms with E-state index in [0.717, 1.165) is 4.57 Å². The van der Waals surface area contributed by atoms with Gasteiger partial charge in [0.2, 0.25) is 11.7 Å². The van der Waals surface area contributed by atoms with E-state index in [-0.39, 0.29) is 34.4 Å². The summed E-state index contributed by atoms with van der Waals surface area (Å²) in [5.74, 6) is -0.398. The Labute approximate surface area is 159 Å². The summed E-state index contributed by atoms with van der Waals surface area (Å²) in [6.07, 6.45) is -3.06. The zero-order valence-corrected chi connectivity index (χ0v) is 15.5. The molecule has 3 rings (SSSR count). The van der Waals surface area contributed by atoms with Crippen molar-refractivity contribution in [1.82, 2.24) is 14.5 Å². The fourth-order valence-corrected chi connectivity index (χ4v) is 2.80. The zero-order valence-electron chi connectivity index (χ0n) is 15.5. The van der Waals surface area contributed by atoms with Crippen molar-refractivity contribution < 1.29 is 22.7 Å². The van der Waals surface area contributed by atoms with Crippen molar-refractivity contribution in [2.45, 2.75) is 26.4 Å². The van der Waals surface area contributed by atoms with E-state index in [2.05, 4.69) is 15.3 Å². The van der Waals surface area contributed by atoms with Crippen molar-refractivity contribution in [2.75, 3.05) is 12.4 Å². The summed E-state index contributed by atoms with van der Waals surface area (Å²) in [5.41, 5.74) is 0.606. The topological polar surface area (TPSA) is 69.0 Å². The lowest BCUT2D eigenvalue weighted by Gasteiger charge is -2.12. The molecule has 0 aliphatic rings. The van der Waals surface area contributed by atoms with Gasteiger partial charge in [0.15, 0.2) is 0 Å². The minimum absolute atomic E-state index is 0.154. The summed E-state index contributed by atoms with van der Waals surface area (Å²) < 4.78 is 46.7. The second-order valence-corrected chi connectivity index (χ2v) is 6.67.